The smallest absolute Gasteiger partial charge is 0.324 e. The van der Waals surface area contributed by atoms with Crippen molar-refractivity contribution in [3.63, 3.8) is 0 Å². The molecule has 34 heavy (non-hydrogen) atoms. The van der Waals surface area contributed by atoms with Gasteiger partial charge < -0.3 is 19.9 Å². The summed E-state index contributed by atoms with van der Waals surface area (Å²) in [4.78, 5) is 22.9. The summed E-state index contributed by atoms with van der Waals surface area (Å²) in [6.07, 6.45) is 2.18. The van der Waals surface area contributed by atoms with Gasteiger partial charge in [-0.25, -0.2) is 14.4 Å². The molecule has 0 saturated carbocycles. The summed E-state index contributed by atoms with van der Waals surface area (Å²) in [5.41, 5.74) is 0.536. The number of nitrogens with one attached hydrogen (secondary N) is 1. The Bertz CT molecular complexity index is 1200. The number of benzene rings is 2. The number of rotatable bonds is 8. The van der Waals surface area contributed by atoms with E-state index in [1.54, 1.807) is 25.3 Å². The highest BCUT2D eigenvalue weighted by atomic mass is 35.5. The van der Waals surface area contributed by atoms with Gasteiger partial charge in [0.05, 0.1) is 23.3 Å². The molecule has 0 amide bonds. The minimum absolute atomic E-state index is 0.000243. The first-order chi connectivity index (χ1) is 16.4. The summed E-state index contributed by atoms with van der Waals surface area (Å²) in [5, 5.41) is 13.8. The second-order valence-corrected chi connectivity index (χ2v) is 8.50. The maximum absolute atomic E-state index is 14.5. The second kappa shape index (κ2) is 10.1. The van der Waals surface area contributed by atoms with E-state index in [1.165, 1.54) is 12.4 Å². The molecule has 2 heterocycles. The molecule has 0 bridgehead atoms. The quantitative estimate of drug-likeness (QED) is 0.473. The van der Waals surface area contributed by atoms with Crippen molar-refractivity contribution < 1.29 is 23.8 Å². The zero-order valence-electron chi connectivity index (χ0n) is 19.0. The third-order valence-electron chi connectivity index (χ3n) is 6.31. The molecular formula is C24H26ClFN4O4. The van der Waals surface area contributed by atoms with Crippen LogP contribution in [0.15, 0.2) is 36.7 Å². The fraction of sp³-hybridized carbons (Fsp3) is 0.375. The number of fused-ring (bicyclic) bond motifs is 1. The fourth-order valence-electron chi connectivity index (χ4n) is 4.42. The second-order valence-electron chi connectivity index (χ2n) is 8.09. The monoisotopic (exact) mass is 488 g/mol. The third kappa shape index (κ3) is 4.51. The average molecular weight is 489 g/mol. The number of hydrogen-bond donors (Lipinski definition) is 2. The lowest BCUT2D eigenvalue weighted by atomic mass is 9.87. The number of aliphatic carboxylic acids is 1. The van der Waals surface area contributed by atoms with E-state index in [-0.39, 0.29) is 10.7 Å². The van der Waals surface area contributed by atoms with Gasteiger partial charge in [-0.2, -0.15) is 0 Å². The van der Waals surface area contributed by atoms with Crippen LogP contribution in [0.4, 0.5) is 15.9 Å². The molecule has 1 aliphatic heterocycles. The number of carboxylic acids is 1. The average Bonchev–Trinajstić information content (AvgIpc) is 2.85. The molecular weight excluding hydrogens is 463 g/mol. The van der Waals surface area contributed by atoms with Crippen molar-refractivity contribution in [2.75, 3.05) is 32.2 Å². The van der Waals surface area contributed by atoms with Crippen LogP contribution in [-0.4, -0.2) is 58.4 Å². The van der Waals surface area contributed by atoms with Crippen molar-refractivity contribution in [2.24, 2.45) is 0 Å². The molecule has 2 N–H and O–H groups in total. The third-order valence-corrected chi connectivity index (χ3v) is 6.60. The van der Waals surface area contributed by atoms with Gasteiger partial charge in [0, 0.05) is 36.8 Å². The summed E-state index contributed by atoms with van der Waals surface area (Å²) in [5.74, 6) is -0.460. The number of ether oxygens (including phenoxy) is 2. The number of likely N-dealkylation sites (N-methyl/N-ethyl adjacent to an activating group) is 1. The van der Waals surface area contributed by atoms with Crippen molar-refractivity contribution in [2.45, 2.75) is 31.8 Å². The van der Waals surface area contributed by atoms with Crippen LogP contribution < -0.4 is 10.1 Å². The van der Waals surface area contributed by atoms with Crippen molar-refractivity contribution in [3.05, 3.63) is 53.1 Å². The van der Waals surface area contributed by atoms with Crippen LogP contribution in [0.2, 0.25) is 5.02 Å². The summed E-state index contributed by atoms with van der Waals surface area (Å²) in [6, 6.07) is 8.31. The first kappa shape index (κ1) is 24.1. The number of anilines is 2. The van der Waals surface area contributed by atoms with Crippen molar-refractivity contribution in [1.82, 2.24) is 14.9 Å². The maximum Gasteiger partial charge on any atom is 0.324 e. The van der Waals surface area contributed by atoms with Crippen LogP contribution in [0, 0.1) is 5.82 Å². The van der Waals surface area contributed by atoms with E-state index in [1.807, 2.05) is 17.9 Å². The molecule has 0 atom stereocenters. The SMILES string of the molecule is CCN(Cc1cc2c(Nc3cccc(Cl)c3F)ncnc2cc1OC)C1(C(=O)O)CCOCC1. The molecule has 1 aliphatic rings. The molecule has 180 valence electrons. The van der Waals surface area contributed by atoms with Gasteiger partial charge in [0.1, 0.15) is 23.4 Å². The van der Waals surface area contributed by atoms with E-state index in [0.717, 1.165) is 5.56 Å². The Labute approximate surface area is 201 Å². The fourth-order valence-corrected chi connectivity index (χ4v) is 4.59. The van der Waals surface area contributed by atoms with Gasteiger partial charge in [0.25, 0.3) is 0 Å². The number of carbonyl (C=O) groups is 1. The number of carboxylic acid groups (broad SMARTS) is 1. The lowest BCUT2D eigenvalue weighted by Crippen LogP contribution is -2.57. The topological polar surface area (TPSA) is 96.8 Å². The summed E-state index contributed by atoms with van der Waals surface area (Å²) < 4.78 is 25.5. The van der Waals surface area contributed by atoms with Crippen LogP contribution in [-0.2, 0) is 16.1 Å². The molecule has 10 heteroatoms. The predicted octanol–water partition coefficient (Wildman–Crippen LogP) is 4.63. The Balaban J connectivity index is 1.75. The molecule has 2 aromatic carbocycles. The van der Waals surface area contributed by atoms with Gasteiger partial charge >= 0.3 is 5.97 Å². The zero-order valence-corrected chi connectivity index (χ0v) is 19.7. The zero-order chi connectivity index (χ0) is 24.3. The Morgan fingerprint density at radius 1 is 1.32 bits per heavy atom. The first-order valence-electron chi connectivity index (χ1n) is 11.0. The summed E-state index contributed by atoms with van der Waals surface area (Å²) >= 11 is 5.92. The molecule has 0 spiro atoms. The largest absolute Gasteiger partial charge is 0.496 e. The van der Waals surface area contributed by atoms with E-state index >= 15 is 0 Å². The molecule has 1 fully saturated rings. The van der Waals surface area contributed by atoms with Gasteiger partial charge in [0.2, 0.25) is 0 Å². The molecule has 1 saturated heterocycles. The Hall–Kier alpha value is -3.01. The van der Waals surface area contributed by atoms with Gasteiger partial charge in [-0.3, -0.25) is 9.69 Å². The minimum Gasteiger partial charge on any atom is -0.496 e. The molecule has 8 nitrogen and oxygen atoms in total. The number of hydrogen-bond acceptors (Lipinski definition) is 7. The minimum atomic E-state index is -1.02. The van der Waals surface area contributed by atoms with E-state index in [9.17, 15) is 14.3 Å². The van der Waals surface area contributed by atoms with E-state index < -0.39 is 17.3 Å². The lowest BCUT2D eigenvalue weighted by molar-refractivity contribution is -0.159. The van der Waals surface area contributed by atoms with Crippen LogP contribution in [0.1, 0.15) is 25.3 Å². The van der Waals surface area contributed by atoms with Gasteiger partial charge in [0.15, 0.2) is 5.82 Å². The van der Waals surface area contributed by atoms with Crippen molar-refractivity contribution >= 4 is 40.0 Å². The molecule has 4 rings (SSSR count). The first-order valence-corrected chi connectivity index (χ1v) is 11.4. The van der Waals surface area contributed by atoms with Crippen LogP contribution in [0.3, 0.4) is 0 Å². The molecule has 3 aromatic rings. The maximum atomic E-state index is 14.5. The number of aromatic nitrogens is 2. The highest BCUT2D eigenvalue weighted by molar-refractivity contribution is 6.31. The van der Waals surface area contributed by atoms with Gasteiger partial charge in [-0.05, 0) is 37.6 Å². The van der Waals surface area contributed by atoms with Crippen LogP contribution in [0.5, 0.6) is 5.75 Å². The standard InChI is InChI=1S/C24H26ClFN4O4/c1-3-30(24(23(31)32)7-9-34-10-8-24)13-15-11-16-19(12-20(15)33-2)27-14-28-22(16)29-18-6-4-5-17(25)21(18)26/h4-6,11-12,14H,3,7-10,13H2,1-2H3,(H,31,32)(H,27,28,29). The normalized spacial score (nSPS) is 15.4. The highest BCUT2D eigenvalue weighted by Gasteiger charge is 2.45. The molecule has 0 unspecified atom stereocenters. The lowest BCUT2D eigenvalue weighted by Gasteiger charge is -2.42. The van der Waals surface area contributed by atoms with Crippen LogP contribution >= 0.6 is 11.6 Å². The van der Waals surface area contributed by atoms with Crippen LogP contribution in [0.25, 0.3) is 10.9 Å². The molecule has 0 radical (unpaired) electrons. The Morgan fingerprint density at radius 3 is 2.76 bits per heavy atom. The predicted molar refractivity (Wildman–Crippen MR) is 127 cm³/mol. The highest BCUT2D eigenvalue weighted by Crippen LogP contribution is 2.35. The van der Waals surface area contributed by atoms with E-state index in [0.29, 0.717) is 61.6 Å². The Kier molecular flexibility index (Phi) is 7.16. The van der Waals surface area contributed by atoms with Crippen molar-refractivity contribution in [3.8, 4) is 5.75 Å². The summed E-state index contributed by atoms with van der Waals surface area (Å²) in [7, 11) is 1.56. The van der Waals surface area contributed by atoms with E-state index in [4.69, 9.17) is 21.1 Å². The molecule has 0 aliphatic carbocycles. The number of halogens is 2. The molecule has 1 aromatic heterocycles. The van der Waals surface area contributed by atoms with Gasteiger partial charge in [-0.15, -0.1) is 0 Å². The Morgan fingerprint density at radius 2 is 2.09 bits per heavy atom. The number of nitrogens with zero attached hydrogens (tertiary/aromatic N) is 3. The van der Waals surface area contributed by atoms with E-state index in [2.05, 4.69) is 15.3 Å². The summed E-state index contributed by atoms with van der Waals surface area (Å²) in [6.45, 7) is 3.58. The van der Waals surface area contributed by atoms with Gasteiger partial charge in [-0.1, -0.05) is 24.6 Å². The van der Waals surface area contributed by atoms with Crippen molar-refractivity contribution in [1.29, 1.82) is 0 Å². The number of methoxy groups -OCH3 is 1.